The minimum absolute atomic E-state index is 0.109. The van der Waals surface area contributed by atoms with Crippen LogP contribution in [0, 0.1) is 11.7 Å². The van der Waals surface area contributed by atoms with Gasteiger partial charge in [-0.2, -0.15) is 0 Å². The maximum atomic E-state index is 13.2. The molecule has 1 saturated heterocycles. The molecule has 3 amide bonds. The van der Waals surface area contributed by atoms with E-state index in [9.17, 15) is 14.0 Å². The second-order valence-corrected chi connectivity index (χ2v) is 7.16. The summed E-state index contributed by atoms with van der Waals surface area (Å²) in [6.07, 6.45) is 3.24. The number of furan rings is 1. The molecule has 3 aromatic rings. The van der Waals surface area contributed by atoms with Crippen LogP contribution in [0.3, 0.4) is 0 Å². The highest BCUT2D eigenvalue weighted by Gasteiger charge is 2.27. The number of likely N-dealkylation sites (tertiary alicyclic amines) is 1. The average Bonchev–Trinajstić information content (AvgIpc) is 3.44. The smallest absolute Gasteiger partial charge is 0.319 e. The Hall–Kier alpha value is -3.62. The predicted octanol–water partition coefficient (Wildman–Crippen LogP) is 3.75. The molecule has 9 heteroatoms. The molecule has 0 bridgehead atoms. The summed E-state index contributed by atoms with van der Waals surface area (Å²) in [4.78, 5) is 26.6. The summed E-state index contributed by atoms with van der Waals surface area (Å²) in [5.74, 6) is 0.374. The maximum absolute atomic E-state index is 13.2. The van der Waals surface area contributed by atoms with Gasteiger partial charge in [0.1, 0.15) is 5.82 Å². The number of carbonyl (C=O) groups excluding carboxylic acids is 2. The lowest BCUT2D eigenvalue weighted by Gasteiger charge is -2.32. The molecule has 0 saturated carbocycles. The standard InChI is InChI=1S/C21H21FN4O4/c22-15-5-1-6-16(10-15)24-21(28)23-12-14-4-2-8-26(13-14)20(27)17-11-19(30-25-17)18-7-3-9-29-18/h1,3,5-7,9-11,14H,2,4,8,12-13H2,(H2,23,24,28). The van der Waals surface area contributed by atoms with Crippen molar-refractivity contribution in [1.29, 1.82) is 0 Å². The molecule has 4 rings (SSSR count). The number of urea groups is 1. The van der Waals surface area contributed by atoms with Gasteiger partial charge < -0.3 is 24.5 Å². The fourth-order valence-corrected chi connectivity index (χ4v) is 3.47. The molecule has 1 unspecified atom stereocenters. The second-order valence-electron chi connectivity index (χ2n) is 7.16. The molecule has 1 aromatic carbocycles. The Kier molecular flexibility index (Phi) is 5.78. The SMILES string of the molecule is O=C(NCC1CCCN(C(=O)c2cc(-c3ccco3)on2)C1)Nc1cccc(F)c1. The lowest BCUT2D eigenvalue weighted by Crippen LogP contribution is -2.44. The Morgan fingerprint density at radius 2 is 2.10 bits per heavy atom. The fourth-order valence-electron chi connectivity index (χ4n) is 3.47. The minimum Gasteiger partial charge on any atom is -0.461 e. The van der Waals surface area contributed by atoms with Gasteiger partial charge in [-0.05, 0) is 49.1 Å². The van der Waals surface area contributed by atoms with E-state index in [0.717, 1.165) is 12.8 Å². The zero-order valence-electron chi connectivity index (χ0n) is 16.1. The van der Waals surface area contributed by atoms with Gasteiger partial charge in [0.2, 0.25) is 5.76 Å². The van der Waals surface area contributed by atoms with Gasteiger partial charge in [-0.15, -0.1) is 0 Å². The molecule has 1 aliphatic rings. The monoisotopic (exact) mass is 412 g/mol. The topological polar surface area (TPSA) is 101 Å². The number of nitrogens with one attached hydrogen (secondary N) is 2. The summed E-state index contributed by atoms with van der Waals surface area (Å²) in [6, 6.07) is 10.3. The van der Waals surface area contributed by atoms with Gasteiger partial charge in [0.15, 0.2) is 11.5 Å². The van der Waals surface area contributed by atoms with Crippen molar-refractivity contribution >= 4 is 17.6 Å². The first-order valence-electron chi connectivity index (χ1n) is 9.69. The Morgan fingerprint density at radius 1 is 1.20 bits per heavy atom. The number of halogens is 1. The fraction of sp³-hybridized carbons (Fsp3) is 0.286. The Labute approximate surface area is 172 Å². The van der Waals surface area contributed by atoms with Crippen LogP contribution in [0.25, 0.3) is 11.5 Å². The van der Waals surface area contributed by atoms with Gasteiger partial charge in [-0.1, -0.05) is 11.2 Å². The first kappa shape index (κ1) is 19.7. The zero-order chi connectivity index (χ0) is 20.9. The van der Waals surface area contributed by atoms with Gasteiger partial charge in [0, 0.05) is 31.4 Å². The van der Waals surface area contributed by atoms with Crippen molar-refractivity contribution in [2.75, 3.05) is 25.0 Å². The molecule has 0 aliphatic carbocycles. The summed E-state index contributed by atoms with van der Waals surface area (Å²) in [5, 5.41) is 9.25. The van der Waals surface area contributed by atoms with Crippen molar-refractivity contribution in [1.82, 2.24) is 15.4 Å². The van der Waals surface area contributed by atoms with Crippen LogP contribution in [0.15, 0.2) is 57.7 Å². The number of rotatable bonds is 5. The Bertz CT molecular complexity index is 1020. The lowest BCUT2D eigenvalue weighted by atomic mass is 9.97. The van der Waals surface area contributed by atoms with Gasteiger partial charge in [0.25, 0.3) is 5.91 Å². The molecular weight excluding hydrogens is 391 g/mol. The molecule has 0 radical (unpaired) electrons. The van der Waals surface area contributed by atoms with Crippen molar-refractivity contribution in [2.45, 2.75) is 12.8 Å². The van der Waals surface area contributed by atoms with Crippen molar-refractivity contribution in [2.24, 2.45) is 5.92 Å². The van der Waals surface area contributed by atoms with E-state index in [1.54, 1.807) is 29.2 Å². The molecule has 8 nitrogen and oxygen atoms in total. The van der Waals surface area contributed by atoms with E-state index in [1.165, 1.54) is 24.5 Å². The zero-order valence-corrected chi connectivity index (χ0v) is 16.1. The first-order chi connectivity index (χ1) is 14.6. The van der Waals surface area contributed by atoms with Crippen LogP contribution in [-0.2, 0) is 0 Å². The average molecular weight is 412 g/mol. The van der Waals surface area contributed by atoms with Crippen molar-refractivity contribution in [3.63, 3.8) is 0 Å². The number of piperidine rings is 1. The van der Waals surface area contributed by atoms with Crippen molar-refractivity contribution < 1.29 is 22.9 Å². The molecule has 30 heavy (non-hydrogen) atoms. The highest BCUT2D eigenvalue weighted by molar-refractivity contribution is 5.93. The number of anilines is 1. The quantitative estimate of drug-likeness (QED) is 0.665. The normalized spacial score (nSPS) is 16.3. The van der Waals surface area contributed by atoms with Crippen LogP contribution in [0.2, 0.25) is 0 Å². The predicted molar refractivity (Wildman–Crippen MR) is 106 cm³/mol. The van der Waals surface area contributed by atoms with Crippen LogP contribution < -0.4 is 10.6 Å². The minimum atomic E-state index is -0.419. The first-order valence-corrected chi connectivity index (χ1v) is 9.69. The van der Waals surface area contributed by atoms with Crippen molar-refractivity contribution in [3.05, 3.63) is 60.2 Å². The Morgan fingerprint density at radius 3 is 2.90 bits per heavy atom. The van der Waals surface area contributed by atoms with Crippen LogP contribution in [0.5, 0.6) is 0 Å². The van der Waals surface area contributed by atoms with Crippen molar-refractivity contribution in [3.8, 4) is 11.5 Å². The molecule has 1 aliphatic heterocycles. The summed E-state index contributed by atoms with van der Waals surface area (Å²) < 4.78 is 23.7. The number of aromatic nitrogens is 1. The van der Waals surface area contributed by atoms with E-state index in [1.807, 2.05) is 0 Å². The molecule has 156 valence electrons. The number of benzene rings is 1. The summed E-state index contributed by atoms with van der Waals surface area (Å²) >= 11 is 0. The van der Waals surface area contributed by atoms with Gasteiger partial charge in [-0.25, -0.2) is 9.18 Å². The highest BCUT2D eigenvalue weighted by Crippen LogP contribution is 2.23. The summed E-state index contributed by atoms with van der Waals surface area (Å²) in [5.41, 5.74) is 0.602. The van der Waals surface area contributed by atoms with E-state index in [0.29, 0.717) is 36.8 Å². The van der Waals surface area contributed by atoms with Crippen LogP contribution in [0.4, 0.5) is 14.9 Å². The van der Waals surface area contributed by atoms with Crippen LogP contribution >= 0.6 is 0 Å². The largest absolute Gasteiger partial charge is 0.461 e. The number of nitrogens with zero attached hydrogens (tertiary/aromatic N) is 2. The van der Waals surface area contributed by atoms with E-state index < -0.39 is 11.8 Å². The summed E-state index contributed by atoms with van der Waals surface area (Å²) in [6.45, 7) is 1.52. The molecular formula is C21H21FN4O4. The van der Waals surface area contributed by atoms with Crippen LogP contribution in [0.1, 0.15) is 23.3 Å². The summed E-state index contributed by atoms with van der Waals surface area (Å²) in [7, 11) is 0. The number of carbonyl (C=O) groups is 2. The molecule has 1 atom stereocenters. The highest BCUT2D eigenvalue weighted by atomic mass is 19.1. The molecule has 2 N–H and O–H groups in total. The number of amides is 3. The van der Waals surface area contributed by atoms with Crippen LogP contribution in [-0.4, -0.2) is 41.6 Å². The van der Waals surface area contributed by atoms with Gasteiger partial charge in [0.05, 0.1) is 6.26 Å². The number of hydrogen-bond donors (Lipinski definition) is 2. The molecule has 1 fully saturated rings. The van der Waals surface area contributed by atoms with E-state index in [2.05, 4.69) is 15.8 Å². The molecule has 2 aromatic heterocycles. The van der Waals surface area contributed by atoms with E-state index in [4.69, 9.17) is 8.94 Å². The molecule has 3 heterocycles. The third-order valence-corrected chi connectivity index (χ3v) is 4.93. The van der Waals surface area contributed by atoms with E-state index >= 15 is 0 Å². The van der Waals surface area contributed by atoms with E-state index in [-0.39, 0.29) is 17.5 Å². The molecule has 0 spiro atoms. The number of hydrogen-bond acceptors (Lipinski definition) is 5. The third kappa shape index (κ3) is 4.68. The maximum Gasteiger partial charge on any atom is 0.319 e. The third-order valence-electron chi connectivity index (χ3n) is 4.93. The second kappa shape index (κ2) is 8.81. The Balaban J connectivity index is 1.30. The van der Waals surface area contributed by atoms with Gasteiger partial charge >= 0.3 is 6.03 Å². The lowest BCUT2D eigenvalue weighted by molar-refractivity contribution is 0.0664. The van der Waals surface area contributed by atoms with Gasteiger partial charge in [-0.3, -0.25) is 4.79 Å².